The van der Waals surface area contributed by atoms with Crippen LogP contribution in [-0.2, 0) is 24.4 Å². The summed E-state index contributed by atoms with van der Waals surface area (Å²) < 4.78 is 9.92. The molecule has 7 nitrogen and oxygen atoms in total. The summed E-state index contributed by atoms with van der Waals surface area (Å²) in [6.45, 7) is 6.20. The number of rotatable bonds is 7. The molecule has 7 heteroatoms. The lowest BCUT2D eigenvalue weighted by atomic mass is 10.2. The Morgan fingerprint density at radius 3 is 2.59 bits per heavy atom. The normalized spacial score (nSPS) is 17.3. The van der Waals surface area contributed by atoms with Crippen molar-refractivity contribution in [2.24, 2.45) is 0 Å². The van der Waals surface area contributed by atoms with Gasteiger partial charge in [0.1, 0.15) is 0 Å². The molecule has 1 aliphatic rings. The van der Waals surface area contributed by atoms with Crippen LogP contribution in [0.25, 0.3) is 11.2 Å². The van der Waals surface area contributed by atoms with Gasteiger partial charge in [-0.2, -0.15) is 0 Å². The fraction of sp³-hybridized carbons (Fsp3) is 0.667. The zero-order valence-electron chi connectivity index (χ0n) is 13.1. The fourth-order valence-corrected chi connectivity index (χ4v) is 2.86. The van der Waals surface area contributed by atoms with Crippen LogP contribution in [0, 0.1) is 0 Å². The number of unbranched alkanes of at least 4 members (excludes halogenated alkanes) is 1. The van der Waals surface area contributed by atoms with Gasteiger partial charge in [-0.1, -0.05) is 0 Å². The number of nitrogens with zero attached hydrogens (tertiary/aromatic N) is 4. The van der Waals surface area contributed by atoms with Gasteiger partial charge in [-0.05, 0) is 33.1 Å². The average Bonchev–Trinajstić information content (AvgIpc) is 3.24. The van der Waals surface area contributed by atoms with Gasteiger partial charge in [-0.15, -0.1) is 0 Å². The standard InChI is InChI=1S/C15H22N4O3/c1-3-18-13-12(14(20)19(4-2)15(18)21)17(10-16-13)8-6-5-7-11-9-22-11/h10-11H,3-9H2,1-2H3. The zero-order valence-corrected chi connectivity index (χ0v) is 13.1. The summed E-state index contributed by atoms with van der Waals surface area (Å²) in [5.74, 6) is 0. The molecule has 0 N–H and O–H groups in total. The number of hydrogen-bond donors (Lipinski definition) is 0. The molecule has 2 aromatic heterocycles. The molecular weight excluding hydrogens is 284 g/mol. The number of aryl methyl sites for hydroxylation is 2. The van der Waals surface area contributed by atoms with Crippen LogP contribution in [0.3, 0.4) is 0 Å². The summed E-state index contributed by atoms with van der Waals surface area (Å²) in [6.07, 6.45) is 5.24. The Morgan fingerprint density at radius 1 is 1.23 bits per heavy atom. The summed E-state index contributed by atoms with van der Waals surface area (Å²) in [7, 11) is 0. The van der Waals surface area contributed by atoms with E-state index in [4.69, 9.17) is 4.74 Å². The van der Waals surface area contributed by atoms with E-state index in [-0.39, 0.29) is 11.2 Å². The lowest BCUT2D eigenvalue weighted by Crippen LogP contribution is -2.40. The van der Waals surface area contributed by atoms with Crippen LogP contribution in [0.4, 0.5) is 0 Å². The smallest absolute Gasteiger partial charge is 0.332 e. The number of aromatic nitrogens is 4. The maximum absolute atomic E-state index is 12.6. The Balaban J connectivity index is 1.94. The number of ether oxygens (including phenoxy) is 1. The van der Waals surface area contributed by atoms with Crippen molar-refractivity contribution in [3.8, 4) is 0 Å². The van der Waals surface area contributed by atoms with Crippen LogP contribution in [0.2, 0.25) is 0 Å². The third-order valence-corrected chi connectivity index (χ3v) is 4.19. The largest absolute Gasteiger partial charge is 0.373 e. The summed E-state index contributed by atoms with van der Waals surface area (Å²) >= 11 is 0. The summed E-state index contributed by atoms with van der Waals surface area (Å²) in [4.78, 5) is 29.1. The Hall–Kier alpha value is -1.89. The molecule has 0 aliphatic carbocycles. The summed E-state index contributed by atoms with van der Waals surface area (Å²) in [6, 6.07) is 0. The van der Waals surface area contributed by atoms with Crippen LogP contribution in [0.15, 0.2) is 15.9 Å². The van der Waals surface area contributed by atoms with Gasteiger partial charge < -0.3 is 9.30 Å². The first-order chi connectivity index (χ1) is 10.7. The molecule has 22 heavy (non-hydrogen) atoms. The molecule has 3 rings (SSSR count). The van der Waals surface area contributed by atoms with Crippen molar-refractivity contribution in [1.29, 1.82) is 0 Å². The molecule has 1 saturated heterocycles. The highest BCUT2D eigenvalue weighted by molar-refractivity contribution is 5.70. The van der Waals surface area contributed by atoms with Crippen molar-refractivity contribution in [3.05, 3.63) is 27.2 Å². The van der Waals surface area contributed by atoms with E-state index in [1.165, 1.54) is 4.57 Å². The van der Waals surface area contributed by atoms with Gasteiger partial charge in [0.05, 0.1) is 19.0 Å². The first-order valence-electron chi connectivity index (χ1n) is 7.97. The minimum atomic E-state index is -0.279. The van der Waals surface area contributed by atoms with Gasteiger partial charge in [0, 0.05) is 19.6 Å². The van der Waals surface area contributed by atoms with E-state index in [2.05, 4.69) is 4.98 Å². The number of fused-ring (bicyclic) bond motifs is 1. The molecule has 120 valence electrons. The highest BCUT2D eigenvalue weighted by Gasteiger charge is 2.21. The van der Waals surface area contributed by atoms with Crippen LogP contribution < -0.4 is 11.2 Å². The fourth-order valence-electron chi connectivity index (χ4n) is 2.86. The van der Waals surface area contributed by atoms with Gasteiger partial charge in [0.15, 0.2) is 11.2 Å². The minimum Gasteiger partial charge on any atom is -0.373 e. The first kappa shape index (κ1) is 15.0. The van der Waals surface area contributed by atoms with E-state index in [1.807, 2.05) is 18.4 Å². The third kappa shape index (κ3) is 2.61. The van der Waals surface area contributed by atoms with E-state index in [9.17, 15) is 9.59 Å². The van der Waals surface area contributed by atoms with Crippen LogP contribution in [-0.4, -0.2) is 31.4 Å². The first-order valence-corrected chi connectivity index (χ1v) is 7.97. The van der Waals surface area contributed by atoms with Gasteiger partial charge in [-0.3, -0.25) is 13.9 Å². The van der Waals surface area contributed by atoms with Crippen molar-refractivity contribution < 1.29 is 4.74 Å². The SMILES string of the molecule is CCn1c(=O)c2c(ncn2CCCCC2CO2)n(CC)c1=O. The quantitative estimate of drug-likeness (QED) is 0.564. The van der Waals surface area contributed by atoms with Crippen molar-refractivity contribution in [1.82, 2.24) is 18.7 Å². The van der Waals surface area contributed by atoms with Crippen LogP contribution >= 0.6 is 0 Å². The van der Waals surface area contributed by atoms with Gasteiger partial charge in [-0.25, -0.2) is 9.78 Å². The molecule has 0 aromatic carbocycles. The van der Waals surface area contributed by atoms with E-state index in [0.29, 0.717) is 30.4 Å². The molecule has 0 bridgehead atoms. The molecule has 1 unspecified atom stereocenters. The molecule has 3 heterocycles. The number of imidazole rings is 1. The van der Waals surface area contributed by atoms with Crippen molar-refractivity contribution in [3.63, 3.8) is 0 Å². The van der Waals surface area contributed by atoms with E-state index in [1.54, 1.807) is 10.9 Å². The second kappa shape index (κ2) is 6.08. The monoisotopic (exact) mass is 306 g/mol. The Bertz CT molecular complexity index is 782. The van der Waals surface area contributed by atoms with Crippen molar-refractivity contribution in [2.45, 2.75) is 58.8 Å². The number of hydrogen-bond acceptors (Lipinski definition) is 4. The van der Waals surface area contributed by atoms with Crippen LogP contribution in [0.5, 0.6) is 0 Å². The topological polar surface area (TPSA) is 74.3 Å². The second-order valence-electron chi connectivity index (χ2n) is 5.64. The molecule has 2 aromatic rings. The maximum Gasteiger partial charge on any atom is 0.332 e. The second-order valence-corrected chi connectivity index (χ2v) is 5.64. The molecule has 1 fully saturated rings. The molecule has 0 saturated carbocycles. The number of epoxide rings is 1. The molecule has 1 atom stereocenters. The lowest BCUT2D eigenvalue weighted by Gasteiger charge is -2.09. The highest BCUT2D eigenvalue weighted by Crippen LogP contribution is 2.17. The van der Waals surface area contributed by atoms with E-state index in [0.717, 1.165) is 32.4 Å². The molecule has 0 amide bonds. The van der Waals surface area contributed by atoms with Crippen molar-refractivity contribution >= 4 is 11.2 Å². The van der Waals surface area contributed by atoms with Gasteiger partial charge in [0.2, 0.25) is 0 Å². The van der Waals surface area contributed by atoms with Crippen molar-refractivity contribution in [2.75, 3.05) is 6.61 Å². The molecule has 1 aliphatic heterocycles. The third-order valence-electron chi connectivity index (χ3n) is 4.19. The Morgan fingerprint density at radius 2 is 1.95 bits per heavy atom. The zero-order chi connectivity index (χ0) is 15.7. The summed E-state index contributed by atoms with van der Waals surface area (Å²) in [5.41, 5.74) is 0.507. The average molecular weight is 306 g/mol. The van der Waals surface area contributed by atoms with Crippen LogP contribution in [0.1, 0.15) is 33.1 Å². The Labute approximate surface area is 128 Å². The molecular formula is C15H22N4O3. The highest BCUT2D eigenvalue weighted by atomic mass is 16.6. The van der Waals surface area contributed by atoms with Gasteiger partial charge >= 0.3 is 5.69 Å². The minimum absolute atomic E-state index is 0.241. The molecule has 0 radical (unpaired) electrons. The van der Waals surface area contributed by atoms with E-state index >= 15 is 0 Å². The lowest BCUT2D eigenvalue weighted by molar-refractivity contribution is 0.387. The molecule has 0 spiro atoms. The summed E-state index contributed by atoms with van der Waals surface area (Å²) in [5, 5.41) is 0. The predicted molar refractivity (Wildman–Crippen MR) is 83.2 cm³/mol. The predicted octanol–water partition coefficient (Wildman–Crippen LogP) is 0.969. The van der Waals surface area contributed by atoms with Gasteiger partial charge in [0.25, 0.3) is 5.56 Å². The Kier molecular flexibility index (Phi) is 4.15. The van der Waals surface area contributed by atoms with E-state index < -0.39 is 0 Å². The maximum atomic E-state index is 12.6.